The molecule has 0 aliphatic carbocycles. The molecule has 0 spiro atoms. The Hall–Kier alpha value is -4.07. The van der Waals surface area contributed by atoms with Gasteiger partial charge in [0, 0.05) is 13.1 Å². The van der Waals surface area contributed by atoms with E-state index in [0.717, 1.165) is 17.9 Å². The maximum Gasteiger partial charge on any atom is 0.242 e. The number of halogens is 1. The summed E-state index contributed by atoms with van der Waals surface area (Å²) in [5.41, 5.74) is 1.66. The van der Waals surface area contributed by atoms with Gasteiger partial charge in [0.1, 0.15) is 17.9 Å². The normalized spacial score (nSPS) is 17.3. The van der Waals surface area contributed by atoms with E-state index in [1.807, 2.05) is 29.2 Å². The number of epoxide rings is 1. The Morgan fingerprint density at radius 1 is 1.07 bits per heavy atom. The van der Waals surface area contributed by atoms with Crippen LogP contribution >= 0.6 is 0 Å². The number of benzene rings is 2. The summed E-state index contributed by atoms with van der Waals surface area (Å²) in [5.74, 6) is -2.30. The molecule has 0 aromatic heterocycles. The van der Waals surface area contributed by atoms with Crippen LogP contribution in [-0.4, -0.2) is 105 Å². The fraction of sp³-hybridized carbons (Fsp3) is 0.467. The molecule has 3 amide bonds. The van der Waals surface area contributed by atoms with Gasteiger partial charge in [-0.05, 0) is 50.1 Å². The number of nitrogens with one attached hydrogen (secondary N) is 3. The number of phenolic OH excluding ortho intramolecular Hbond substituents is 1. The Balaban J connectivity index is 0.000000480. The Labute approximate surface area is 249 Å². The number of amides is 3. The molecule has 43 heavy (non-hydrogen) atoms. The van der Waals surface area contributed by atoms with Gasteiger partial charge in [-0.15, -0.1) is 0 Å². The van der Waals surface area contributed by atoms with Crippen molar-refractivity contribution in [2.24, 2.45) is 0 Å². The lowest BCUT2D eigenvalue weighted by molar-refractivity contribution is -0.131. The Morgan fingerprint density at radius 2 is 1.74 bits per heavy atom. The highest BCUT2D eigenvalue weighted by molar-refractivity contribution is 5.95. The van der Waals surface area contributed by atoms with Gasteiger partial charge in [-0.2, -0.15) is 0 Å². The number of hydrogen-bond acceptors (Lipinski definition) is 9. The molecule has 13 heteroatoms. The third-order valence-corrected chi connectivity index (χ3v) is 6.70. The summed E-state index contributed by atoms with van der Waals surface area (Å²) >= 11 is 0. The van der Waals surface area contributed by atoms with E-state index >= 15 is 0 Å². The molecule has 2 aliphatic rings. The van der Waals surface area contributed by atoms with Crippen LogP contribution in [0.25, 0.3) is 0 Å². The number of nitrogens with zero attached hydrogens (tertiary/aromatic N) is 1. The average Bonchev–Trinajstić information content (AvgIpc) is 3.84. The lowest BCUT2D eigenvalue weighted by Gasteiger charge is -2.26. The molecule has 4 N–H and O–H groups in total. The maximum absolute atomic E-state index is 13.6. The minimum absolute atomic E-state index is 0.0103. The van der Waals surface area contributed by atoms with Crippen LogP contribution in [0.3, 0.4) is 0 Å². The number of Topliss-reactive ketones (excluding diaryl/α,β-unsaturated/α-hetero) is 1. The molecule has 2 aliphatic heterocycles. The number of aromatic hydroxyl groups is 1. The van der Waals surface area contributed by atoms with Gasteiger partial charge < -0.3 is 35.3 Å². The van der Waals surface area contributed by atoms with Crippen molar-refractivity contribution in [2.45, 2.75) is 38.5 Å². The van der Waals surface area contributed by atoms with Crippen molar-refractivity contribution in [3.63, 3.8) is 0 Å². The molecule has 0 bridgehead atoms. The highest BCUT2D eigenvalue weighted by atomic mass is 19.1. The molecule has 234 valence electrons. The van der Waals surface area contributed by atoms with Gasteiger partial charge in [0.05, 0.1) is 46.1 Å². The highest BCUT2D eigenvalue weighted by Crippen LogP contribution is 2.19. The van der Waals surface area contributed by atoms with Crippen LogP contribution in [0.15, 0.2) is 42.5 Å². The van der Waals surface area contributed by atoms with Crippen LogP contribution in [0.5, 0.6) is 11.5 Å². The van der Waals surface area contributed by atoms with Crippen LogP contribution < -0.4 is 20.7 Å². The lowest BCUT2D eigenvalue weighted by atomic mass is 10.0. The van der Waals surface area contributed by atoms with Crippen molar-refractivity contribution in [1.82, 2.24) is 20.9 Å². The minimum Gasteiger partial charge on any atom is -0.505 e. The maximum atomic E-state index is 13.6. The van der Waals surface area contributed by atoms with E-state index < -0.39 is 48.1 Å². The zero-order valence-electron chi connectivity index (χ0n) is 24.6. The van der Waals surface area contributed by atoms with Gasteiger partial charge in [0.15, 0.2) is 17.3 Å². The van der Waals surface area contributed by atoms with Gasteiger partial charge in [-0.3, -0.25) is 24.1 Å². The van der Waals surface area contributed by atoms with Crippen LogP contribution in [0.1, 0.15) is 18.1 Å². The fourth-order valence-electron chi connectivity index (χ4n) is 4.13. The largest absolute Gasteiger partial charge is 0.505 e. The van der Waals surface area contributed by atoms with Crippen molar-refractivity contribution in [3.05, 3.63) is 59.4 Å². The van der Waals surface area contributed by atoms with Gasteiger partial charge in [-0.25, -0.2) is 4.39 Å². The highest BCUT2D eigenvalue weighted by Gasteiger charge is 2.37. The van der Waals surface area contributed by atoms with Crippen molar-refractivity contribution < 1.29 is 42.9 Å². The van der Waals surface area contributed by atoms with Crippen LogP contribution in [0.4, 0.5) is 4.39 Å². The summed E-state index contributed by atoms with van der Waals surface area (Å²) in [6.07, 6.45) is -0.646. The fourth-order valence-corrected chi connectivity index (χ4v) is 4.13. The number of ketones is 1. The molecular weight excluding hydrogens is 563 g/mol. The second kappa shape index (κ2) is 16.5. The first-order valence-electron chi connectivity index (χ1n) is 14.0. The number of morpholine rings is 1. The molecule has 4 rings (SSSR count). The van der Waals surface area contributed by atoms with E-state index in [-0.39, 0.29) is 31.3 Å². The summed E-state index contributed by atoms with van der Waals surface area (Å²) in [4.78, 5) is 51.2. The number of phenols is 1. The van der Waals surface area contributed by atoms with E-state index in [2.05, 4.69) is 22.9 Å². The molecule has 2 fully saturated rings. The monoisotopic (exact) mass is 602 g/mol. The zero-order valence-corrected chi connectivity index (χ0v) is 24.6. The number of carbonyl (C=O) groups is 4. The van der Waals surface area contributed by atoms with E-state index in [1.54, 1.807) is 7.11 Å². The predicted octanol–water partition coefficient (Wildman–Crippen LogP) is 0.483. The predicted molar refractivity (Wildman–Crippen MR) is 154 cm³/mol. The van der Waals surface area contributed by atoms with E-state index in [9.17, 15) is 28.7 Å². The number of rotatable bonds is 12. The quantitative estimate of drug-likeness (QED) is 0.254. The second-order valence-electron chi connectivity index (χ2n) is 10.2. The van der Waals surface area contributed by atoms with Crippen molar-refractivity contribution in [3.8, 4) is 11.5 Å². The average molecular weight is 603 g/mol. The zero-order chi connectivity index (χ0) is 31.4. The smallest absolute Gasteiger partial charge is 0.242 e. The number of carbonyl (C=O) groups excluding carboxylic acids is 4. The summed E-state index contributed by atoms with van der Waals surface area (Å²) in [6, 6.07) is 9.80. The Kier molecular flexibility index (Phi) is 12.9. The van der Waals surface area contributed by atoms with Gasteiger partial charge in [0.2, 0.25) is 17.7 Å². The van der Waals surface area contributed by atoms with Gasteiger partial charge >= 0.3 is 0 Å². The van der Waals surface area contributed by atoms with Gasteiger partial charge in [0.25, 0.3) is 0 Å². The van der Waals surface area contributed by atoms with E-state index in [1.165, 1.54) is 18.6 Å². The van der Waals surface area contributed by atoms with E-state index in [0.29, 0.717) is 31.9 Å². The minimum atomic E-state index is -0.994. The van der Waals surface area contributed by atoms with Crippen molar-refractivity contribution in [2.75, 3.05) is 53.1 Å². The second-order valence-corrected chi connectivity index (χ2v) is 10.2. The van der Waals surface area contributed by atoms with Crippen LogP contribution in [0.2, 0.25) is 0 Å². The van der Waals surface area contributed by atoms with E-state index in [4.69, 9.17) is 14.2 Å². The summed E-state index contributed by atoms with van der Waals surface area (Å²) in [7, 11) is 1.67. The summed E-state index contributed by atoms with van der Waals surface area (Å²) < 4.78 is 28.8. The lowest BCUT2D eigenvalue weighted by Crippen LogP contribution is -2.52. The van der Waals surface area contributed by atoms with Gasteiger partial charge in [-0.1, -0.05) is 23.8 Å². The molecule has 2 heterocycles. The Bertz CT molecular complexity index is 1250. The first-order chi connectivity index (χ1) is 20.5. The van der Waals surface area contributed by atoms with Crippen LogP contribution in [-0.2, 0) is 35.1 Å². The standard InChI is InChI=1S/C22H29FN4O7.C8H10O/c1-13(25-20(30)11-27-4-6-33-7-5-27)22(32)24-10-19(29)26-16(21(31)18-12-34-18)9-14-2-3-17(28)15(23)8-14;1-7-3-5-8(9-2)6-4-7/h2-3,8,13,16,18,28H,4-7,9-12H2,1H3,(H,24,32)(H,25,30)(H,26,29);3-6H,1-2H3. The molecule has 0 radical (unpaired) electrons. The topological polar surface area (TPSA) is 159 Å². The molecule has 0 saturated carbocycles. The molecule has 12 nitrogen and oxygen atoms in total. The summed E-state index contributed by atoms with van der Waals surface area (Å²) in [6.45, 7) is 5.90. The number of ether oxygens (including phenoxy) is 3. The first-order valence-corrected chi connectivity index (χ1v) is 14.0. The third kappa shape index (κ3) is 11.6. The summed E-state index contributed by atoms with van der Waals surface area (Å²) in [5, 5.41) is 16.9. The molecule has 2 saturated heterocycles. The molecule has 2 aromatic rings. The third-order valence-electron chi connectivity index (χ3n) is 6.70. The van der Waals surface area contributed by atoms with Crippen molar-refractivity contribution >= 4 is 23.5 Å². The SMILES string of the molecule is CC(NC(=O)CN1CCOCC1)C(=O)NCC(=O)NC(Cc1ccc(O)c(F)c1)C(=O)C1CO1.COc1ccc(C)cc1. The molecule has 3 unspecified atom stereocenters. The number of hydrogen-bond donors (Lipinski definition) is 4. The molecular formula is C30H39FN4O8. The number of aryl methyl sites for hydroxylation is 1. The van der Waals surface area contributed by atoms with Crippen LogP contribution in [0, 0.1) is 12.7 Å². The van der Waals surface area contributed by atoms with Crippen molar-refractivity contribution in [1.29, 1.82) is 0 Å². The number of methoxy groups -OCH3 is 1. The molecule has 3 atom stereocenters. The Morgan fingerprint density at radius 3 is 2.35 bits per heavy atom. The first kappa shape index (κ1) is 33.4. The molecule has 2 aromatic carbocycles.